The smallest absolute Gasteiger partial charge is 0.347 e. The standard InChI is InChI=1S/C22H27N3O5/c1-4-25(5-2)18-13-11-17(12-14-18)21(27)24-23-20(26)15-29-22(28)16(3)30-19-9-7-6-8-10-19/h6-14,16H,4-5,15H2,1-3H3,(H,23,26)(H,24,27)/t16-/m1/s1. The van der Waals surface area contributed by atoms with Crippen molar-refractivity contribution in [2.45, 2.75) is 26.9 Å². The predicted molar refractivity (Wildman–Crippen MR) is 113 cm³/mol. The van der Waals surface area contributed by atoms with Crippen molar-refractivity contribution in [3.8, 4) is 5.75 Å². The lowest BCUT2D eigenvalue weighted by atomic mass is 10.2. The van der Waals surface area contributed by atoms with Gasteiger partial charge < -0.3 is 14.4 Å². The Morgan fingerprint density at radius 1 is 0.933 bits per heavy atom. The molecule has 0 aromatic heterocycles. The number of amides is 2. The van der Waals surface area contributed by atoms with Crippen LogP contribution in [0.3, 0.4) is 0 Å². The Morgan fingerprint density at radius 2 is 1.57 bits per heavy atom. The topological polar surface area (TPSA) is 97.0 Å². The van der Waals surface area contributed by atoms with E-state index >= 15 is 0 Å². The van der Waals surface area contributed by atoms with Crippen LogP contribution in [0, 0.1) is 0 Å². The van der Waals surface area contributed by atoms with Crippen LogP contribution in [0.1, 0.15) is 31.1 Å². The molecular weight excluding hydrogens is 386 g/mol. The second kappa shape index (κ2) is 11.5. The van der Waals surface area contributed by atoms with Gasteiger partial charge in [-0.15, -0.1) is 0 Å². The van der Waals surface area contributed by atoms with Crippen LogP contribution in [-0.4, -0.2) is 43.6 Å². The fourth-order valence-corrected chi connectivity index (χ4v) is 2.65. The molecule has 0 heterocycles. The number of hydrogen-bond donors (Lipinski definition) is 2. The van der Waals surface area contributed by atoms with Crippen molar-refractivity contribution in [2.24, 2.45) is 0 Å². The summed E-state index contributed by atoms with van der Waals surface area (Å²) in [6, 6.07) is 15.9. The van der Waals surface area contributed by atoms with E-state index in [4.69, 9.17) is 9.47 Å². The van der Waals surface area contributed by atoms with Gasteiger partial charge >= 0.3 is 5.97 Å². The molecule has 0 saturated heterocycles. The van der Waals surface area contributed by atoms with Gasteiger partial charge in [-0.3, -0.25) is 20.4 Å². The van der Waals surface area contributed by atoms with Crippen molar-refractivity contribution in [1.82, 2.24) is 10.9 Å². The normalized spacial score (nSPS) is 11.2. The Kier molecular flexibility index (Phi) is 8.68. The monoisotopic (exact) mass is 413 g/mol. The largest absolute Gasteiger partial charge is 0.479 e. The molecule has 0 spiro atoms. The molecule has 2 rings (SSSR count). The predicted octanol–water partition coefficient (Wildman–Crippen LogP) is 2.30. The summed E-state index contributed by atoms with van der Waals surface area (Å²) in [6.07, 6.45) is -0.876. The first-order valence-corrected chi connectivity index (χ1v) is 9.77. The number of hydrogen-bond acceptors (Lipinski definition) is 6. The summed E-state index contributed by atoms with van der Waals surface area (Å²) in [7, 11) is 0. The van der Waals surface area contributed by atoms with Gasteiger partial charge in [0.15, 0.2) is 12.7 Å². The van der Waals surface area contributed by atoms with E-state index in [2.05, 4.69) is 29.6 Å². The fourth-order valence-electron chi connectivity index (χ4n) is 2.65. The zero-order chi connectivity index (χ0) is 21.9. The zero-order valence-electron chi connectivity index (χ0n) is 17.4. The van der Waals surface area contributed by atoms with Crippen LogP contribution in [-0.2, 0) is 14.3 Å². The molecule has 0 bridgehead atoms. The molecule has 8 nitrogen and oxygen atoms in total. The zero-order valence-corrected chi connectivity index (χ0v) is 17.4. The second-order valence-electron chi connectivity index (χ2n) is 6.40. The van der Waals surface area contributed by atoms with E-state index in [1.807, 2.05) is 18.2 Å². The molecule has 2 N–H and O–H groups in total. The number of ether oxygens (including phenoxy) is 2. The molecule has 1 atom stereocenters. The Morgan fingerprint density at radius 3 is 2.17 bits per heavy atom. The number of nitrogens with zero attached hydrogens (tertiary/aromatic N) is 1. The van der Waals surface area contributed by atoms with Gasteiger partial charge in [0, 0.05) is 24.3 Å². The maximum atomic E-state index is 12.2. The van der Waals surface area contributed by atoms with Crippen LogP contribution >= 0.6 is 0 Å². The van der Waals surface area contributed by atoms with Crippen molar-refractivity contribution in [3.63, 3.8) is 0 Å². The Balaban J connectivity index is 1.74. The van der Waals surface area contributed by atoms with Gasteiger partial charge in [-0.25, -0.2) is 4.79 Å². The summed E-state index contributed by atoms with van der Waals surface area (Å²) in [6.45, 7) is 6.83. The first kappa shape index (κ1) is 22.7. The Hall–Kier alpha value is -3.55. The first-order chi connectivity index (χ1) is 14.4. The van der Waals surface area contributed by atoms with Crippen LogP contribution in [0.5, 0.6) is 5.75 Å². The van der Waals surface area contributed by atoms with Gasteiger partial charge in [-0.1, -0.05) is 18.2 Å². The second-order valence-corrected chi connectivity index (χ2v) is 6.40. The van der Waals surface area contributed by atoms with Gasteiger partial charge in [0.25, 0.3) is 11.8 Å². The minimum absolute atomic E-state index is 0.396. The molecule has 160 valence electrons. The number of esters is 1. The summed E-state index contributed by atoms with van der Waals surface area (Å²) in [5.41, 5.74) is 5.92. The van der Waals surface area contributed by atoms with E-state index in [1.165, 1.54) is 6.92 Å². The van der Waals surface area contributed by atoms with Crippen LogP contribution in [0.2, 0.25) is 0 Å². The molecule has 0 unspecified atom stereocenters. The Bertz CT molecular complexity index is 836. The lowest BCUT2D eigenvalue weighted by Gasteiger charge is -2.21. The molecule has 0 saturated carbocycles. The molecule has 2 aromatic rings. The number of anilines is 1. The van der Waals surface area contributed by atoms with Gasteiger partial charge in [-0.2, -0.15) is 0 Å². The van der Waals surface area contributed by atoms with Crippen molar-refractivity contribution in [2.75, 3.05) is 24.6 Å². The lowest BCUT2D eigenvalue weighted by molar-refractivity contribution is -0.154. The summed E-state index contributed by atoms with van der Waals surface area (Å²) in [4.78, 5) is 38.1. The van der Waals surface area contributed by atoms with E-state index in [1.54, 1.807) is 36.4 Å². The van der Waals surface area contributed by atoms with Crippen LogP contribution in [0.4, 0.5) is 5.69 Å². The first-order valence-electron chi connectivity index (χ1n) is 9.77. The van der Waals surface area contributed by atoms with Gasteiger partial charge in [-0.05, 0) is 57.2 Å². The lowest BCUT2D eigenvalue weighted by Crippen LogP contribution is -2.44. The number of para-hydroxylation sites is 1. The van der Waals surface area contributed by atoms with Gasteiger partial charge in [0.05, 0.1) is 0 Å². The molecule has 0 fully saturated rings. The Labute approximate surface area is 176 Å². The van der Waals surface area contributed by atoms with Crippen molar-refractivity contribution < 1.29 is 23.9 Å². The maximum absolute atomic E-state index is 12.2. The molecule has 0 aliphatic rings. The van der Waals surface area contributed by atoms with Gasteiger partial charge in [0.1, 0.15) is 5.75 Å². The minimum Gasteiger partial charge on any atom is -0.479 e. The average Bonchev–Trinajstić information content (AvgIpc) is 2.77. The molecule has 2 amide bonds. The fraction of sp³-hybridized carbons (Fsp3) is 0.318. The van der Waals surface area contributed by atoms with Crippen molar-refractivity contribution in [3.05, 3.63) is 60.2 Å². The third-order valence-corrected chi connectivity index (χ3v) is 4.31. The SMILES string of the molecule is CCN(CC)c1ccc(C(=O)NNC(=O)COC(=O)[C@@H](C)Oc2ccccc2)cc1. The van der Waals surface area contributed by atoms with Crippen LogP contribution in [0.15, 0.2) is 54.6 Å². The molecule has 2 aromatic carbocycles. The molecule has 0 radical (unpaired) electrons. The van der Waals surface area contributed by atoms with E-state index in [9.17, 15) is 14.4 Å². The van der Waals surface area contributed by atoms with Gasteiger partial charge in [0.2, 0.25) is 0 Å². The molecule has 8 heteroatoms. The highest BCUT2D eigenvalue weighted by Gasteiger charge is 2.18. The number of benzene rings is 2. The summed E-state index contributed by atoms with van der Waals surface area (Å²) in [5.74, 6) is -1.30. The van der Waals surface area contributed by atoms with E-state index in [0.29, 0.717) is 11.3 Å². The number of carbonyl (C=O) groups excluding carboxylic acids is 3. The summed E-state index contributed by atoms with van der Waals surface area (Å²) >= 11 is 0. The third kappa shape index (κ3) is 6.80. The highest BCUT2D eigenvalue weighted by atomic mass is 16.6. The van der Waals surface area contributed by atoms with Crippen molar-refractivity contribution >= 4 is 23.5 Å². The number of carbonyl (C=O) groups is 3. The quantitative estimate of drug-likeness (QED) is 0.484. The van der Waals surface area contributed by atoms with E-state index in [0.717, 1.165) is 18.8 Å². The van der Waals surface area contributed by atoms with Crippen LogP contribution < -0.4 is 20.5 Å². The van der Waals surface area contributed by atoms with Crippen LogP contribution in [0.25, 0.3) is 0 Å². The highest BCUT2D eigenvalue weighted by molar-refractivity contribution is 5.95. The highest BCUT2D eigenvalue weighted by Crippen LogP contribution is 2.15. The molecule has 30 heavy (non-hydrogen) atoms. The van der Waals surface area contributed by atoms with E-state index in [-0.39, 0.29) is 0 Å². The molecular formula is C22H27N3O5. The average molecular weight is 413 g/mol. The number of nitrogens with one attached hydrogen (secondary N) is 2. The number of hydrazine groups is 1. The number of rotatable bonds is 9. The van der Waals surface area contributed by atoms with E-state index < -0.39 is 30.5 Å². The van der Waals surface area contributed by atoms with Crippen molar-refractivity contribution in [1.29, 1.82) is 0 Å². The summed E-state index contributed by atoms with van der Waals surface area (Å²) in [5, 5.41) is 0. The minimum atomic E-state index is -0.876. The summed E-state index contributed by atoms with van der Waals surface area (Å²) < 4.78 is 10.3. The molecule has 0 aliphatic carbocycles. The third-order valence-electron chi connectivity index (χ3n) is 4.31. The maximum Gasteiger partial charge on any atom is 0.347 e. The molecule has 0 aliphatic heterocycles.